The number of amides is 1. The third-order valence-corrected chi connectivity index (χ3v) is 7.31. The van der Waals surface area contributed by atoms with Gasteiger partial charge in [-0.1, -0.05) is 12.1 Å². The fraction of sp³-hybridized carbons (Fsp3) is 0.333. The fourth-order valence-electron chi connectivity index (χ4n) is 4.32. The Morgan fingerprint density at radius 2 is 2.06 bits per heavy atom. The van der Waals surface area contributed by atoms with E-state index in [4.69, 9.17) is 4.42 Å². The second-order valence-corrected chi connectivity index (χ2v) is 9.45. The lowest BCUT2D eigenvalue weighted by Gasteiger charge is -2.31. The maximum absolute atomic E-state index is 13.4. The van der Waals surface area contributed by atoms with Crippen molar-refractivity contribution in [3.63, 3.8) is 0 Å². The van der Waals surface area contributed by atoms with Crippen molar-refractivity contribution < 1.29 is 13.6 Å². The van der Waals surface area contributed by atoms with E-state index in [1.165, 1.54) is 34.4 Å². The van der Waals surface area contributed by atoms with Gasteiger partial charge in [-0.25, -0.2) is 14.4 Å². The maximum Gasteiger partial charge on any atom is 0.264 e. The summed E-state index contributed by atoms with van der Waals surface area (Å²) in [6.45, 7) is 2.97. The van der Waals surface area contributed by atoms with Crippen molar-refractivity contribution in [3.8, 4) is 0 Å². The van der Waals surface area contributed by atoms with Gasteiger partial charge in [0.1, 0.15) is 16.4 Å². The van der Waals surface area contributed by atoms with Gasteiger partial charge in [-0.2, -0.15) is 0 Å². The molecule has 4 heterocycles. The van der Waals surface area contributed by atoms with Crippen LogP contribution in [0.1, 0.15) is 51.2 Å². The minimum Gasteiger partial charge on any atom is -0.445 e. The molecule has 1 amide bonds. The van der Waals surface area contributed by atoms with Gasteiger partial charge in [-0.3, -0.25) is 9.59 Å². The van der Waals surface area contributed by atoms with Crippen LogP contribution < -0.4 is 5.56 Å². The van der Waals surface area contributed by atoms with E-state index >= 15 is 0 Å². The molecule has 0 spiro atoms. The number of carbonyl (C=O) groups is 1. The van der Waals surface area contributed by atoms with Crippen molar-refractivity contribution in [2.24, 2.45) is 7.05 Å². The van der Waals surface area contributed by atoms with Crippen molar-refractivity contribution in [2.45, 2.75) is 32.1 Å². The van der Waals surface area contributed by atoms with Crippen molar-refractivity contribution in [1.29, 1.82) is 0 Å². The lowest BCUT2D eigenvalue weighted by Crippen LogP contribution is -2.39. The highest BCUT2D eigenvalue weighted by Crippen LogP contribution is 2.32. The molecule has 1 saturated heterocycles. The largest absolute Gasteiger partial charge is 0.445 e. The summed E-state index contributed by atoms with van der Waals surface area (Å²) in [5.74, 6) is 0.982. The zero-order chi connectivity index (χ0) is 23.1. The summed E-state index contributed by atoms with van der Waals surface area (Å²) in [6.07, 6.45) is 5.45. The number of carbonyl (C=O) groups excluding carboxylic acids is 1. The van der Waals surface area contributed by atoms with E-state index in [1.54, 1.807) is 25.4 Å². The van der Waals surface area contributed by atoms with E-state index in [-0.39, 0.29) is 23.2 Å². The summed E-state index contributed by atoms with van der Waals surface area (Å²) in [4.78, 5) is 37.6. The summed E-state index contributed by atoms with van der Waals surface area (Å²) < 4.78 is 20.6. The van der Waals surface area contributed by atoms with Gasteiger partial charge >= 0.3 is 0 Å². The molecule has 3 aromatic heterocycles. The molecule has 1 aliphatic rings. The van der Waals surface area contributed by atoms with E-state index in [1.807, 2.05) is 11.8 Å². The number of aryl methyl sites for hydroxylation is 2. The van der Waals surface area contributed by atoms with Crippen LogP contribution in [0.4, 0.5) is 4.39 Å². The fourth-order valence-corrected chi connectivity index (χ4v) is 5.42. The minimum absolute atomic E-state index is 0.00495. The Kier molecular flexibility index (Phi) is 5.57. The smallest absolute Gasteiger partial charge is 0.264 e. The highest BCUT2D eigenvalue weighted by Gasteiger charge is 2.30. The number of benzene rings is 1. The molecule has 1 atom stereocenters. The van der Waals surface area contributed by atoms with Crippen LogP contribution in [0, 0.1) is 12.7 Å². The highest BCUT2D eigenvalue weighted by molar-refractivity contribution is 7.20. The quantitative estimate of drug-likeness (QED) is 0.453. The number of thiophene rings is 1. The van der Waals surface area contributed by atoms with Gasteiger partial charge in [0.2, 0.25) is 0 Å². The number of likely N-dealkylation sites (tertiary alicyclic amines) is 1. The van der Waals surface area contributed by atoms with Gasteiger partial charge in [-0.05, 0) is 43.0 Å². The number of nitrogens with zero attached hydrogens (tertiary/aromatic N) is 4. The Bertz CT molecular complexity index is 1390. The molecule has 1 aromatic carbocycles. The number of oxazole rings is 1. The summed E-state index contributed by atoms with van der Waals surface area (Å²) in [7, 11) is 1.66. The van der Waals surface area contributed by atoms with Crippen molar-refractivity contribution in [1.82, 2.24) is 19.4 Å². The average molecular weight is 467 g/mol. The highest BCUT2D eigenvalue weighted by atomic mass is 32.1. The Morgan fingerprint density at radius 3 is 2.85 bits per heavy atom. The third-order valence-electron chi connectivity index (χ3n) is 6.13. The van der Waals surface area contributed by atoms with Gasteiger partial charge in [0.25, 0.3) is 11.5 Å². The van der Waals surface area contributed by atoms with Gasteiger partial charge in [-0.15, -0.1) is 11.3 Å². The number of hydrogen-bond acceptors (Lipinski definition) is 6. The number of aromatic nitrogens is 3. The first-order valence-electron chi connectivity index (χ1n) is 10.8. The molecule has 4 aromatic rings. The topological polar surface area (TPSA) is 81.2 Å². The minimum atomic E-state index is -0.269. The van der Waals surface area contributed by atoms with Gasteiger partial charge in [0, 0.05) is 26.6 Å². The van der Waals surface area contributed by atoms with Crippen LogP contribution in [0.5, 0.6) is 0 Å². The molecular weight excluding hydrogens is 443 g/mol. The molecular formula is C24H23FN4O3S. The molecule has 0 N–H and O–H groups in total. The molecule has 1 fully saturated rings. The van der Waals surface area contributed by atoms with Crippen LogP contribution >= 0.6 is 11.3 Å². The van der Waals surface area contributed by atoms with E-state index in [0.29, 0.717) is 51.8 Å². The second-order valence-electron chi connectivity index (χ2n) is 8.46. The number of rotatable bonds is 4. The molecule has 7 nitrogen and oxygen atoms in total. The standard InChI is InChI=1S/C24H23FN4O3S/c1-14-19-22(27-13-28(2)23(19)30)33-20(14)24(31)29-9-3-4-16(12-29)21-26-11-18(32-21)10-15-5-7-17(25)8-6-15/h5-8,11,13,16H,3-4,9-10,12H2,1-2H3/t16-/m0/s1. The Hall–Kier alpha value is -3.33. The zero-order valence-electron chi connectivity index (χ0n) is 18.4. The SMILES string of the molecule is Cc1c(C(=O)N2CCC[C@H](c3ncc(Cc4ccc(F)cc4)o3)C2)sc2ncn(C)c(=O)c12. The molecule has 1 aliphatic heterocycles. The van der Waals surface area contributed by atoms with E-state index < -0.39 is 0 Å². The molecule has 5 rings (SSSR count). The summed E-state index contributed by atoms with van der Waals surface area (Å²) in [5, 5.41) is 0.514. The Labute approximate surface area is 193 Å². The van der Waals surface area contributed by atoms with E-state index in [0.717, 1.165) is 18.4 Å². The van der Waals surface area contributed by atoms with Crippen LogP contribution in [0.2, 0.25) is 0 Å². The normalized spacial score (nSPS) is 16.5. The Balaban J connectivity index is 1.34. The lowest BCUT2D eigenvalue weighted by atomic mass is 9.97. The molecule has 170 valence electrons. The maximum atomic E-state index is 13.4. The van der Waals surface area contributed by atoms with Crippen LogP contribution in [0.3, 0.4) is 0 Å². The lowest BCUT2D eigenvalue weighted by molar-refractivity contribution is 0.0702. The predicted octanol–water partition coefficient (Wildman–Crippen LogP) is 4.04. The molecule has 9 heteroatoms. The van der Waals surface area contributed by atoms with Crippen LogP contribution in [0.15, 0.2) is 46.0 Å². The number of hydrogen-bond donors (Lipinski definition) is 0. The first-order valence-corrected chi connectivity index (χ1v) is 11.7. The first kappa shape index (κ1) is 21.5. The number of fused-ring (bicyclic) bond motifs is 1. The van der Waals surface area contributed by atoms with Gasteiger partial charge in [0.05, 0.1) is 28.7 Å². The van der Waals surface area contributed by atoms with Gasteiger partial charge < -0.3 is 13.9 Å². The van der Waals surface area contributed by atoms with Crippen molar-refractivity contribution in [3.05, 3.63) is 80.6 Å². The number of piperidine rings is 1. The Morgan fingerprint density at radius 1 is 1.27 bits per heavy atom. The van der Waals surface area contributed by atoms with Gasteiger partial charge in [0.15, 0.2) is 5.89 Å². The molecule has 0 unspecified atom stereocenters. The van der Waals surface area contributed by atoms with Crippen molar-refractivity contribution in [2.75, 3.05) is 13.1 Å². The van der Waals surface area contributed by atoms with Crippen LogP contribution in [0.25, 0.3) is 10.2 Å². The molecule has 0 radical (unpaired) electrons. The zero-order valence-corrected chi connectivity index (χ0v) is 19.2. The van der Waals surface area contributed by atoms with Crippen molar-refractivity contribution >= 4 is 27.5 Å². The summed E-state index contributed by atoms with van der Waals surface area (Å²) >= 11 is 1.27. The van der Waals surface area contributed by atoms with Crippen LogP contribution in [-0.4, -0.2) is 38.4 Å². The monoisotopic (exact) mass is 466 g/mol. The van der Waals surface area contributed by atoms with E-state index in [9.17, 15) is 14.0 Å². The molecule has 33 heavy (non-hydrogen) atoms. The first-order chi connectivity index (χ1) is 15.9. The van der Waals surface area contributed by atoms with Crippen LogP contribution in [-0.2, 0) is 13.5 Å². The molecule has 0 bridgehead atoms. The van der Waals surface area contributed by atoms with E-state index in [2.05, 4.69) is 9.97 Å². The second kappa shape index (κ2) is 8.55. The third kappa shape index (κ3) is 4.08. The number of halogens is 1. The molecule has 0 aliphatic carbocycles. The molecule has 0 saturated carbocycles. The predicted molar refractivity (Wildman–Crippen MR) is 123 cm³/mol. The summed E-state index contributed by atoms with van der Waals surface area (Å²) in [5.41, 5.74) is 1.49. The average Bonchev–Trinajstić information content (AvgIpc) is 3.42. The summed E-state index contributed by atoms with van der Waals surface area (Å²) in [6, 6.07) is 6.32.